The Morgan fingerprint density at radius 2 is 1.83 bits per heavy atom. The molecule has 0 saturated carbocycles. The molecule has 2 fully saturated rings. The summed E-state index contributed by atoms with van der Waals surface area (Å²) >= 11 is 0. The average Bonchev–Trinajstić information content (AvgIpc) is 3.25. The van der Waals surface area contributed by atoms with Crippen molar-refractivity contribution in [3.8, 4) is 0 Å². The van der Waals surface area contributed by atoms with E-state index in [0.29, 0.717) is 32.8 Å². The molecule has 6 heteroatoms. The number of pyridine rings is 1. The second-order valence-corrected chi connectivity index (χ2v) is 8.31. The van der Waals surface area contributed by atoms with Crippen LogP contribution in [0.5, 0.6) is 0 Å². The van der Waals surface area contributed by atoms with Crippen LogP contribution >= 0.6 is 0 Å². The molecule has 1 aliphatic carbocycles. The van der Waals surface area contributed by atoms with E-state index in [-0.39, 0.29) is 17.7 Å². The van der Waals surface area contributed by atoms with Gasteiger partial charge in [0.05, 0.1) is 30.2 Å². The Labute approximate surface area is 170 Å². The van der Waals surface area contributed by atoms with E-state index in [9.17, 15) is 9.59 Å². The van der Waals surface area contributed by atoms with Crippen LogP contribution in [0.3, 0.4) is 0 Å². The van der Waals surface area contributed by atoms with Crippen molar-refractivity contribution in [1.29, 1.82) is 0 Å². The molecule has 1 atom stereocenters. The summed E-state index contributed by atoms with van der Waals surface area (Å²) in [6.45, 7) is 3.77. The van der Waals surface area contributed by atoms with Gasteiger partial charge in [0.15, 0.2) is 0 Å². The van der Waals surface area contributed by atoms with Gasteiger partial charge in [-0.05, 0) is 43.7 Å². The molecular formula is C23H27N3O3. The molecule has 2 aliphatic heterocycles. The third-order valence-electron chi connectivity index (χ3n) is 6.51. The number of amides is 2. The van der Waals surface area contributed by atoms with Crippen molar-refractivity contribution in [2.75, 3.05) is 39.4 Å². The van der Waals surface area contributed by atoms with Gasteiger partial charge in [-0.1, -0.05) is 18.2 Å². The van der Waals surface area contributed by atoms with Crippen LogP contribution in [-0.4, -0.2) is 66.0 Å². The lowest BCUT2D eigenvalue weighted by Crippen LogP contribution is -2.49. The van der Waals surface area contributed by atoms with Crippen LogP contribution in [0.25, 0.3) is 10.9 Å². The van der Waals surface area contributed by atoms with Crippen molar-refractivity contribution < 1.29 is 14.3 Å². The Kier molecular flexibility index (Phi) is 4.96. The van der Waals surface area contributed by atoms with Gasteiger partial charge < -0.3 is 14.5 Å². The molecule has 2 aromatic rings. The molecular weight excluding hydrogens is 366 g/mol. The summed E-state index contributed by atoms with van der Waals surface area (Å²) in [5, 5.41) is 0.944. The molecule has 1 unspecified atom stereocenters. The highest BCUT2D eigenvalue weighted by molar-refractivity contribution is 6.08. The van der Waals surface area contributed by atoms with Crippen LogP contribution < -0.4 is 0 Å². The molecule has 1 aromatic carbocycles. The number of piperidine rings is 1. The van der Waals surface area contributed by atoms with Crippen molar-refractivity contribution in [3.05, 3.63) is 41.1 Å². The first-order valence-electron chi connectivity index (χ1n) is 10.8. The fourth-order valence-electron chi connectivity index (χ4n) is 5.02. The van der Waals surface area contributed by atoms with E-state index >= 15 is 0 Å². The number of hydrogen-bond acceptors (Lipinski definition) is 4. The highest BCUT2D eigenvalue weighted by atomic mass is 16.5. The van der Waals surface area contributed by atoms with E-state index in [2.05, 4.69) is 0 Å². The third-order valence-corrected chi connectivity index (χ3v) is 6.51. The monoisotopic (exact) mass is 393 g/mol. The standard InChI is InChI=1S/C23H27N3O3/c27-22(25-11-13-29-14-12-25)16-5-4-10-26(15-16)23(28)21-17-6-1-2-8-19(17)24-20-9-3-7-18(20)21/h1-2,6,8,16H,3-5,7,9-15H2. The predicted molar refractivity (Wildman–Crippen MR) is 110 cm³/mol. The summed E-state index contributed by atoms with van der Waals surface area (Å²) in [5.41, 5.74) is 3.91. The zero-order chi connectivity index (χ0) is 19.8. The van der Waals surface area contributed by atoms with Gasteiger partial charge in [-0.3, -0.25) is 14.6 Å². The van der Waals surface area contributed by atoms with Gasteiger partial charge in [-0.2, -0.15) is 0 Å². The van der Waals surface area contributed by atoms with Crippen molar-refractivity contribution >= 4 is 22.7 Å². The molecule has 0 radical (unpaired) electrons. The minimum absolute atomic E-state index is 0.0706. The summed E-state index contributed by atoms with van der Waals surface area (Å²) in [7, 11) is 0. The fourth-order valence-corrected chi connectivity index (χ4v) is 5.02. The van der Waals surface area contributed by atoms with E-state index in [1.54, 1.807) is 0 Å². The minimum Gasteiger partial charge on any atom is -0.378 e. The van der Waals surface area contributed by atoms with Crippen molar-refractivity contribution in [1.82, 2.24) is 14.8 Å². The maximum absolute atomic E-state index is 13.7. The largest absolute Gasteiger partial charge is 0.378 e. The molecule has 29 heavy (non-hydrogen) atoms. The van der Waals surface area contributed by atoms with Gasteiger partial charge in [-0.15, -0.1) is 0 Å². The molecule has 0 N–H and O–H groups in total. The first kappa shape index (κ1) is 18.6. The van der Waals surface area contributed by atoms with E-state index in [1.165, 1.54) is 0 Å². The van der Waals surface area contributed by atoms with Crippen molar-refractivity contribution in [2.24, 2.45) is 5.92 Å². The van der Waals surface area contributed by atoms with Gasteiger partial charge in [-0.25, -0.2) is 0 Å². The molecule has 152 valence electrons. The number of para-hydroxylation sites is 1. The van der Waals surface area contributed by atoms with Crippen molar-refractivity contribution in [3.63, 3.8) is 0 Å². The molecule has 3 heterocycles. The number of aromatic nitrogens is 1. The van der Waals surface area contributed by atoms with Crippen LogP contribution in [-0.2, 0) is 22.4 Å². The second kappa shape index (κ2) is 7.75. The lowest BCUT2D eigenvalue weighted by Gasteiger charge is -2.36. The highest BCUT2D eigenvalue weighted by Crippen LogP contribution is 2.32. The number of rotatable bonds is 2. The number of ether oxygens (including phenoxy) is 1. The van der Waals surface area contributed by atoms with E-state index in [0.717, 1.165) is 66.4 Å². The number of benzene rings is 1. The fraction of sp³-hybridized carbons (Fsp3) is 0.522. The molecule has 0 bridgehead atoms. The first-order valence-corrected chi connectivity index (χ1v) is 10.8. The van der Waals surface area contributed by atoms with Gasteiger partial charge in [0, 0.05) is 37.3 Å². The SMILES string of the molecule is O=C(c1c2c(nc3ccccc13)CCC2)N1CCCC(C(=O)N2CCOCC2)C1. The summed E-state index contributed by atoms with van der Waals surface area (Å²) < 4.78 is 5.37. The molecule has 1 aromatic heterocycles. The topological polar surface area (TPSA) is 62.7 Å². The molecule has 3 aliphatic rings. The number of carbonyl (C=O) groups excluding carboxylic acids is 2. The number of fused-ring (bicyclic) bond motifs is 2. The van der Waals surface area contributed by atoms with Crippen molar-refractivity contribution in [2.45, 2.75) is 32.1 Å². The normalized spacial score (nSPS) is 22.0. The van der Waals surface area contributed by atoms with Crippen LogP contribution in [0.15, 0.2) is 24.3 Å². The molecule has 6 nitrogen and oxygen atoms in total. The zero-order valence-electron chi connectivity index (χ0n) is 16.7. The second-order valence-electron chi connectivity index (χ2n) is 8.31. The first-order chi connectivity index (χ1) is 14.2. The molecule has 2 amide bonds. The van der Waals surface area contributed by atoms with Crippen LogP contribution in [0, 0.1) is 5.92 Å². The summed E-state index contributed by atoms with van der Waals surface area (Å²) in [6.07, 6.45) is 4.64. The van der Waals surface area contributed by atoms with Gasteiger partial charge in [0.2, 0.25) is 5.91 Å². The quantitative estimate of drug-likeness (QED) is 0.786. The maximum Gasteiger partial charge on any atom is 0.254 e. The Hall–Kier alpha value is -2.47. The lowest BCUT2D eigenvalue weighted by molar-refractivity contribution is -0.141. The van der Waals surface area contributed by atoms with Gasteiger partial charge in [0.1, 0.15) is 0 Å². The summed E-state index contributed by atoms with van der Waals surface area (Å²) in [6, 6.07) is 7.95. The van der Waals surface area contributed by atoms with Gasteiger partial charge in [0.25, 0.3) is 5.91 Å². The molecule has 5 rings (SSSR count). The number of carbonyl (C=O) groups is 2. The Balaban J connectivity index is 1.43. The number of hydrogen-bond donors (Lipinski definition) is 0. The highest BCUT2D eigenvalue weighted by Gasteiger charge is 2.34. The van der Waals surface area contributed by atoms with Crippen LogP contribution in [0.4, 0.5) is 0 Å². The van der Waals surface area contributed by atoms with E-state index in [4.69, 9.17) is 9.72 Å². The third kappa shape index (κ3) is 3.39. The number of likely N-dealkylation sites (tertiary alicyclic amines) is 1. The lowest BCUT2D eigenvalue weighted by atomic mass is 9.94. The maximum atomic E-state index is 13.7. The summed E-state index contributed by atoms with van der Waals surface area (Å²) in [5.74, 6) is 0.142. The number of morpholine rings is 1. The number of aryl methyl sites for hydroxylation is 1. The smallest absolute Gasteiger partial charge is 0.254 e. The van der Waals surface area contributed by atoms with E-state index < -0.39 is 0 Å². The van der Waals surface area contributed by atoms with E-state index in [1.807, 2.05) is 34.1 Å². The Morgan fingerprint density at radius 3 is 2.69 bits per heavy atom. The molecule has 2 saturated heterocycles. The van der Waals surface area contributed by atoms with Gasteiger partial charge >= 0.3 is 0 Å². The Bertz CT molecular complexity index is 952. The Morgan fingerprint density at radius 1 is 1.00 bits per heavy atom. The van der Waals surface area contributed by atoms with Crippen LogP contribution in [0.1, 0.15) is 40.9 Å². The predicted octanol–water partition coefficient (Wildman–Crippen LogP) is 2.43. The average molecular weight is 393 g/mol. The van der Waals surface area contributed by atoms with Crippen LogP contribution in [0.2, 0.25) is 0 Å². The zero-order valence-corrected chi connectivity index (χ0v) is 16.7. The minimum atomic E-state index is -0.105. The molecule has 0 spiro atoms. The summed E-state index contributed by atoms with van der Waals surface area (Å²) in [4.78, 5) is 35.3. The number of nitrogens with zero attached hydrogens (tertiary/aromatic N) is 3.